The minimum atomic E-state index is -0.143. The fraction of sp³-hybridized carbons (Fsp3) is 0.409. The van der Waals surface area contributed by atoms with Crippen molar-refractivity contribution in [2.75, 3.05) is 51.4 Å². The molecule has 2 aromatic rings. The van der Waals surface area contributed by atoms with Gasteiger partial charge >= 0.3 is 6.03 Å². The molecule has 0 aliphatic carbocycles. The number of hydrogen-bond donors (Lipinski definition) is 1. The highest BCUT2D eigenvalue weighted by Gasteiger charge is 2.28. The van der Waals surface area contributed by atoms with Gasteiger partial charge in [-0.3, -0.25) is 0 Å². The molecule has 1 N–H and O–H groups in total. The molecule has 0 spiro atoms. The Morgan fingerprint density at radius 2 is 2.06 bits per heavy atom. The van der Waals surface area contributed by atoms with Gasteiger partial charge in [0.25, 0.3) is 0 Å². The normalized spacial score (nSPS) is 15.8. The highest BCUT2D eigenvalue weighted by Crippen LogP contribution is 2.32. The molecule has 164 valence electrons. The van der Waals surface area contributed by atoms with E-state index in [9.17, 15) is 4.79 Å². The van der Waals surface area contributed by atoms with Crippen molar-refractivity contribution in [1.82, 2.24) is 20.2 Å². The number of urea groups is 1. The van der Waals surface area contributed by atoms with Crippen LogP contribution in [0.2, 0.25) is 0 Å². The molecule has 3 heterocycles. The Balaban J connectivity index is 1.66. The van der Waals surface area contributed by atoms with Gasteiger partial charge in [0.15, 0.2) is 0 Å². The van der Waals surface area contributed by atoms with Gasteiger partial charge in [0, 0.05) is 38.7 Å². The fourth-order valence-corrected chi connectivity index (χ4v) is 3.58. The zero-order valence-electron chi connectivity index (χ0n) is 17.7. The number of carbonyl (C=O) groups excluding carboxylic acids is 1. The first kappa shape index (κ1) is 20.9. The number of methoxy groups -OCH3 is 1. The molecule has 1 aromatic carbocycles. The Kier molecular flexibility index (Phi) is 6.51. The summed E-state index contributed by atoms with van der Waals surface area (Å²) >= 11 is 0. The number of amides is 2. The second kappa shape index (κ2) is 9.65. The number of fused-ring (bicyclic) bond motifs is 1. The van der Waals surface area contributed by atoms with Crippen LogP contribution in [0.4, 0.5) is 10.7 Å². The van der Waals surface area contributed by atoms with Crippen LogP contribution < -0.4 is 19.7 Å². The molecule has 0 saturated carbocycles. The van der Waals surface area contributed by atoms with Crippen LogP contribution in [0.25, 0.3) is 0 Å². The summed E-state index contributed by atoms with van der Waals surface area (Å²) in [5.74, 6) is 2.39. The van der Waals surface area contributed by atoms with Crippen LogP contribution >= 0.6 is 0 Å². The lowest BCUT2D eigenvalue weighted by atomic mass is 10.1. The van der Waals surface area contributed by atoms with Crippen molar-refractivity contribution in [2.45, 2.75) is 13.0 Å². The molecule has 2 aliphatic rings. The van der Waals surface area contributed by atoms with Crippen molar-refractivity contribution >= 4 is 12.0 Å². The maximum atomic E-state index is 12.5. The van der Waals surface area contributed by atoms with Crippen molar-refractivity contribution in [1.29, 1.82) is 0 Å². The van der Waals surface area contributed by atoms with Gasteiger partial charge in [-0.15, -0.1) is 6.58 Å². The minimum absolute atomic E-state index is 0.143. The molecular formula is C22H27N5O4. The molecule has 9 nitrogen and oxygen atoms in total. The summed E-state index contributed by atoms with van der Waals surface area (Å²) < 4.78 is 17.0. The molecule has 1 aromatic heterocycles. The monoisotopic (exact) mass is 425 g/mol. The van der Waals surface area contributed by atoms with Gasteiger partial charge in [0.2, 0.25) is 11.8 Å². The van der Waals surface area contributed by atoms with Crippen LogP contribution in [-0.2, 0) is 17.7 Å². The first-order valence-electron chi connectivity index (χ1n) is 10.4. The fourth-order valence-electron chi connectivity index (χ4n) is 3.58. The molecule has 0 bridgehead atoms. The van der Waals surface area contributed by atoms with E-state index in [1.54, 1.807) is 24.2 Å². The van der Waals surface area contributed by atoms with Gasteiger partial charge in [-0.25, -0.2) is 9.78 Å². The summed E-state index contributed by atoms with van der Waals surface area (Å²) in [5, 5.41) is 2.83. The summed E-state index contributed by atoms with van der Waals surface area (Å²) in [4.78, 5) is 25.9. The van der Waals surface area contributed by atoms with E-state index in [0.717, 1.165) is 24.3 Å². The van der Waals surface area contributed by atoms with Crippen LogP contribution in [0.3, 0.4) is 0 Å². The third-order valence-corrected chi connectivity index (χ3v) is 5.25. The molecule has 4 rings (SSSR count). The van der Waals surface area contributed by atoms with Crippen molar-refractivity contribution in [3.05, 3.63) is 48.2 Å². The highest BCUT2D eigenvalue weighted by molar-refractivity contribution is 5.74. The number of benzene rings is 1. The first-order valence-corrected chi connectivity index (χ1v) is 10.4. The smallest absolute Gasteiger partial charge is 0.317 e. The number of ether oxygens (including phenoxy) is 3. The summed E-state index contributed by atoms with van der Waals surface area (Å²) in [7, 11) is 1.61. The van der Waals surface area contributed by atoms with E-state index in [1.807, 2.05) is 18.2 Å². The third kappa shape index (κ3) is 4.88. The van der Waals surface area contributed by atoms with Crippen molar-refractivity contribution < 1.29 is 19.0 Å². The summed E-state index contributed by atoms with van der Waals surface area (Å²) in [6.45, 7) is 7.76. The zero-order valence-corrected chi connectivity index (χ0v) is 17.7. The van der Waals surface area contributed by atoms with Crippen molar-refractivity contribution in [2.24, 2.45) is 0 Å². The Labute approximate surface area is 181 Å². The van der Waals surface area contributed by atoms with E-state index < -0.39 is 0 Å². The number of carbonyl (C=O) groups is 1. The van der Waals surface area contributed by atoms with E-state index in [1.165, 1.54) is 0 Å². The van der Waals surface area contributed by atoms with Gasteiger partial charge < -0.3 is 29.3 Å². The molecule has 0 unspecified atom stereocenters. The average Bonchev–Trinajstić information content (AvgIpc) is 2.82. The minimum Gasteiger partial charge on any atom is -0.497 e. The predicted molar refractivity (Wildman–Crippen MR) is 116 cm³/mol. The van der Waals surface area contributed by atoms with Crippen LogP contribution in [0.5, 0.6) is 17.4 Å². The number of morpholine rings is 1. The van der Waals surface area contributed by atoms with E-state index in [0.29, 0.717) is 62.6 Å². The maximum absolute atomic E-state index is 12.5. The van der Waals surface area contributed by atoms with E-state index in [-0.39, 0.29) is 6.03 Å². The molecule has 9 heteroatoms. The quantitative estimate of drug-likeness (QED) is 0.711. The average molecular weight is 425 g/mol. The molecule has 0 atom stereocenters. The van der Waals surface area contributed by atoms with E-state index in [4.69, 9.17) is 24.2 Å². The predicted octanol–water partition coefficient (Wildman–Crippen LogP) is 2.37. The Bertz CT molecular complexity index is 945. The molecule has 2 aliphatic heterocycles. The Hall–Kier alpha value is -3.33. The summed E-state index contributed by atoms with van der Waals surface area (Å²) in [5.41, 5.74) is 1.72. The molecular weight excluding hydrogens is 398 g/mol. The number of nitrogens with zero attached hydrogens (tertiary/aromatic N) is 4. The molecule has 2 amide bonds. The zero-order chi connectivity index (χ0) is 21.6. The SMILES string of the molecule is C=CCNC(=O)N1CCc2nc(N3CCOCC3)nc(Oc3cccc(OC)c3)c2C1. The second-order valence-electron chi connectivity index (χ2n) is 7.28. The highest BCUT2D eigenvalue weighted by atomic mass is 16.5. The van der Waals surface area contributed by atoms with E-state index >= 15 is 0 Å². The van der Waals surface area contributed by atoms with E-state index in [2.05, 4.69) is 16.8 Å². The van der Waals surface area contributed by atoms with Gasteiger partial charge in [-0.1, -0.05) is 12.1 Å². The van der Waals surface area contributed by atoms with Crippen LogP contribution in [0.1, 0.15) is 11.3 Å². The lowest BCUT2D eigenvalue weighted by Gasteiger charge is -2.31. The third-order valence-electron chi connectivity index (χ3n) is 5.25. The van der Waals surface area contributed by atoms with Gasteiger partial charge in [0.05, 0.1) is 38.1 Å². The van der Waals surface area contributed by atoms with Crippen LogP contribution in [-0.4, -0.2) is 67.4 Å². The topological polar surface area (TPSA) is 89.1 Å². The number of aromatic nitrogens is 2. The maximum Gasteiger partial charge on any atom is 0.317 e. The van der Waals surface area contributed by atoms with Crippen molar-refractivity contribution in [3.8, 4) is 17.4 Å². The molecule has 0 radical (unpaired) electrons. The van der Waals surface area contributed by atoms with Gasteiger partial charge in [0.1, 0.15) is 11.5 Å². The first-order chi connectivity index (χ1) is 15.2. The largest absolute Gasteiger partial charge is 0.497 e. The standard InChI is InChI=1S/C22H27N5O4/c1-3-8-23-22(28)27-9-7-19-18(15-27)20(31-17-6-4-5-16(14-17)29-2)25-21(24-19)26-10-12-30-13-11-26/h3-6,14H,1,7-13,15H2,2H3,(H,23,28). The molecule has 1 fully saturated rings. The number of hydrogen-bond acceptors (Lipinski definition) is 7. The summed E-state index contributed by atoms with van der Waals surface area (Å²) in [6, 6.07) is 7.23. The van der Waals surface area contributed by atoms with Crippen LogP contribution in [0, 0.1) is 0 Å². The van der Waals surface area contributed by atoms with Gasteiger partial charge in [-0.05, 0) is 12.1 Å². The second-order valence-corrected chi connectivity index (χ2v) is 7.28. The lowest BCUT2D eigenvalue weighted by molar-refractivity contribution is 0.122. The summed E-state index contributed by atoms with van der Waals surface area (Å²) in [6.07, 6.45) is 2.29. The van der Waals surface area contributed by atoms with Crippen molar-refractivity contribution in [3.63, 3.8) is 0 Å². The van der Waals surface area contributed by atoms with Crippen LogP contribution in [0.15, 0.2) is 36.9 Å². The lowest BCUT2D eigenvalue weighted by Crippen LogP contribution is -2.43. The number of anilines is 1. The molecule has 31 heavy (non-hydrogen) atoms. The Morgan fingerprint density at radius 3 is 2.84 bits per heavy atom. The molecule has 1 saturated heterocycles. The Morgan fingerprint density at radius 1 is 1.26 bits per heavy atom. The van der Waals surface area contributed by atoms with Gasteiger partial charge in [-0.2, -0.15) is 4.98 Å². The number of rotatable bonds is 6. The number of nitrogens with one attached hydrogen (secondary N) is 1.